The van der Waals surface area contributed by atoms with Crippen LogP contribution in [0.3, 0.4) is 0 Å². The number of nitrogens with zero attached hydrogens (tertiary/aromatic N) is 1. The number of benzene rings is 1. The van der Waals surface area contributed by atoms with E-state index in [4.69, 9.17) is 11.5 Å². The van der Waals surface area contributed by atoms with Crippen molar-refractivity contribution in [3.05, 3.63) is 33.9 Å². The molecule has 0 aliphatic heterocycles. The van der Waals surface area contributed by atoms with Crippen LogP contribution in [0.4, 0.5) is 11.4 Å². The van der Waals surface area contributed by atoms with Crippen LogP contribution in [0, 0.1) is 10.1 Å². The van der Waals surface area contributed by atoms with E-state index in [1.54, 1.807) is 0 Å². The van der Waals surface area contributed by atoms with Crippen molar-refractivity contribution in [2.45, 2.75) is 19.4 Å². The second-order valence-corrected chi connectivity index (χ2v) is 3.09. The minimum atomic E-state index is -0.453. The third-order valence-electron chi connectivity index (χ3n) is 2.12. The van der Waals surface area contributed by atoms with Gasteiger partial charge in [0.2, 0.25) is 0 Å². The van der Waals surface area contributed by atoms with E-state index in [1.165, 1.54) is 18.2 Å². The van der Waals surface area contributed by atoms with Gasteiger partial charge in [-0.15, -0.1) is 0 Å². The van der Waals surface area contributed by atoms with E-state index < -0.39 is 4.92 Å². The van der Waals surface area contributed by atoms with Gasteiger partial charge in [-0.25, -0.2) is 0 Å². The van der Waals surface area contributed by atoms with Gasteiger partial charge in [0.15, 0.2) is 0 Å². The van der Waals surface area contributed by atoms with E-state index in [9.17, 15) is 10.1 Å². The third-order valence-corrected chi connectivity index (χ3v) is 2.12. The Morgan fingerprint density at radius 2 is 2.21 bits per heavy atom. The summed E-state index contributed by atoms with van der Waals surface area (Å²) in [7, 11) is 0. The highest BCUT2D eigenvalue weighted by atomic mass is 16.6. The SMILES string of the molecule is CC[C@@H](N)c1cc([N+](=O)[O-])ccc1N. The van der Waals surface area contributed by atoms with Crippen molar-refractivity contribution in [1.82, 2.24) is 0 Å². The maximum absolute atomic E-state index is 10.5. The molecule has 1 aromatic carbocycles. The zero-order valence-corrected chi connectivity index (χ0v) is 7.93. The Kier molecular flexibility index (Phi) is 3.03. The van der Waals surface area contributed by atoms with Gasteiger partial charge in [0.1, 0.15) is 0 Å². The molecule has 5 heteroatoms. The Morgan fingerprint density at radius 1 is 1.57 bits per heavy atom. The third kappa shape index (κ3) is 2.00. The Labute approximate surface area is 81.9 Å². The van der Waals surface area contributed by atoms with Crippen molar-refractivity contribution >= 4 is 11.4 Å². The Hall–Kier alpha value is -1.62. The van der Waals surface area contributed by atoms with Gasteiger partial charge in [-0.3, -0.25) is 10.1 Å². The molecule has 0 aliphatic carbocycles. The molecule has 0 saturated carbocycles. The minimum absolute atomic E-state index is 0.0260. The molecule has 0 fully saturated rings. The van der Waals surface area contributed by atoms with E-state index in [2.05, 4.69) is 0 Å². The summed E-state index contributed by atoms with van der Waals surface area (Å²) in [6.45, 7) is 1.91. The summed E-state index contributed by atoms with van der Waals surface area (Å²) in [4.78, 5) is 10.0. The highest BCUT2D eigenvalue weighted by Crippen LogP contribution is 2.25. The first-order chi connectivity index (χ1) is 6.56. The topological polar surface area (TPSA) is 95.2 Å². The quantitative estimate of drug-likeness (QED) is 0.435. The lowest BCUT2D eigenvalue weighted by Gasteiger charge is -2.11. The van der Waals surface area contributed by atoms with Crippen LogP contribution < -0.4 is 11.5 Å². The number of nitro benzene ring substituents is 1. The molecule has 76 valence electrons. The number of nitro groups is 1. The normalized spacial score (nSPS) is 12.4. The summed E-state index contributed by atoms with van der Waals surface area (Å²) in [5.74, 6) is 0. The first-order valence-corrected chi connectivity index (χ1v) is 4.35. The molecule has 1 rings (SSSR count). The molecule has 4 N–H and O–H groups in total. The number of non-ortho nitro benzene ring substituents is 1. The smallest absolute Gasteiger partial charge is 0.269 e. The van der Waals surface area contributed by atoms with E-state index in [-0.39, 0.29) is 11.7 Å². The summed E-state index contributed by atoms with van der Waals surface area (Å²) in [5, 5.41) is 10.5. The molecule has 0 aliphatic rings. The monoisotopic (exact) mass is 195 g/mol. The number of rotatable bonds is 3. The van der Waals surface area contributed by atoms with Gasteiger partial charge in [-0.2, -0.15) is 0 Å². The van der Waals surface area contributed by atoms with E-state index in [0.717, 1.165) is 0 Å². The fraction of sp³-hybridized carbons (Fsp3) is 0.333. The lowest BCUT2D eigenvalue weighted by Crippen LogP contribution is -2.11. The van der Waals surface area contributed by atoms with Gasteiger partial charge < -0.3 is 11.5 Å². The standard InChI is InChI=1S/C9H13N3O2/c1-2-8(10)7-5-6(12(13)14)3-4-9(7)11/h3-5,8H,2,10-11H2,1H3/t8-/m1/s1. The lowest BCUT2D eigenvalue weighted by atomic mass is 10.0. The van der Waals surface area contributed by atoms with Gasteiger partial charge in [-0.1, -0.05) is 6.92 Å². The van der Waals surface area contributed by atoms with Crippen molar-refractivity contribution in [3.63, 3.8) is 0 Å². The molecule has 1 atom stereocenters. The number of nitrogen functional groups attached to an aromatic ring is 1. The van der Waals surface area contributed by atoms with Crippen LogP contribution in [0.2, 0.25) is 0 Å². The van der Waals surface area contributed by atoms with Gasteiger partial charge >= 0.3 is 0 Å². The van der Waals surface area contributed by atoms with Crippen LogP contribution in [0.1, 0.15) is 24.9 Å². The predicted octanol–water partition coefficient (Wildman–Crippen LogP) is 1.59. The fourth-order valence-electron chi connectivity index (χ4n) is 1.22. The summed E-state index contributed by atoms with van der Waals surface area (Å²) in [5.41, 5.74) is 12.6. The average Bonchev–Trinajstić information content (AvgIpc) is 2.17. The van der Waals surface area contributed by atoms with Crippen LogP contribution in [-0.2, 0) is 0 Å². The van der Waals surface area contributed by atoms with Crippen LogP contribution in [0.5, 0.6) is 0 Å². The van der Waals surface area contributed by atoms with E-state index in [0.29, 0.717) is 17.7 Å². The van der Waals surface area contributed by atoms with Crippen LogP contribution in [-0.4, -0.2) is 4.92 Å². The van der Waals surface area contributed by atoms with Gasteiger partial charge in [0, 0.05) is 23.9 Å². The molecular formula is C9H13N3O2. The van der Waals surface area contributed by atoms with Crippen molar-refractivity contribution in [1.29, 1.82) is 0 Å². The molecule has 14 heavy (non-hydrogen) atoms. The highest BCUT2D eigenvalue weighted by molar-refractivity contribution is 5.53. The number of anilines is 1. The minimum Gasteiger partial charge on any atom is -0.398 e. The average molecular weight is 195 g/mol. The summed E-state index contributed by atoms with van der Waals surface area (Å²) in [6.07, 6.45) is 0.700. The van der Waals surface area contributed by atoms with Gasteiger partial charge in [0.25, 0.3) is 5.69 Å². The van der Waals surface area contributed by atoms with Crippen LogP contribution in [0.25, 0.3) is 0 Å². The zero-order chi connectivity index (χ0) is 10.7. The van der Waals surface area contributed by atoms with E-state index >= 15 is 0 Å². The fourth-order valence-corrected chi connectivity index (χ4v) is 1.22. The first kappa shape index (κ1) is 10.5. The second-order valence-electron chi connectivity index (χ2n) is 3.09. The molecule has 0 amide bonds. The molecule has 0 spiro atoms. The molecule has 0 bridgehead atoms. The maximum Gasteiger partial charge on any atom is 0.269 e. The molecule has 0 heterocycles. The van der Waals surface area contributed by atoms with Crippen molar-refractivity contribution in [3.8, 4) is 0 Å². The zero-order valence-electron chi connectivity index (χ0n) is 7.93. The molecule has 1 aromatic rings. The number of hydrogen-bond donors (Lipinski definition) is 2. The molecule has 5 nitrogen and oxygen atoms in total. The first-order valence-electron chi connectivity index (χ1n) is 4.35. The summed E-state index contributed by atoms with van der Waals surface area (Å²) >= 11 is 0. The number of nitrogens with two attached hydrogens (primary N) is 2. The summed E-state index contributed by atoms with van der Waals surface area (Å²) < 4.78 is 0. The second kappa shape index (κ2) is 4.06. The van der Waals surface area contributed by atoms with Gasteiger partial charge in [-0.05, 0) is 18.1 Å². The number of hydrogen-bond acceptors (Lipinski definition) is 4. The predicted molar refractivity (Wildman–Crippen MR) is 54.7 cm³/mol. The van der Waals surface area contributed by atoms with Gasteiger partial charge in [0.05, 0.1) is 4.92 Å². The Balaban J connectivity index is 3.14. The Morgan fingerprint density at radius 3 is 2.71 bits per heavy atom. The van der Waals surface area contributed by atoms with Crippen LogP contribution >= 0.6 is 0 Å². The molecule has 0 aromatic heterocycles. The van der Waals surface area contributed by atoms with Crippen molar-refractivity contribution < 1.29 is 4.92 Å². The van der Waals surface area contributed by atoms with Crippen LogP contribution in [0.15, 0.2) is 18.2 Å². The molecule has 0 radical (unpaired) electrons. The Bertz CT molecular complexity index is 352. The van der Waals surface area contributed by atoms with Crippen molar-refractivity contribution in [2.75, 3.05) is 5.73 Å². The molecule has 0 saturated heterocycles. The lowest BCUT2D eigenvalue weighted by molar-refractivity contribution is -0.384. The van der Waals surface area contributed by atoms with Crippen molar-refractivity contribution in [2.24, 2.45) is 5.73 Å². The molecule has 0 unspecified atom stereocenters. The van der Waals surface area contributed by atoms with E-state index in [1.807, 2.05) is 6.92 Å². The molecular weight excluding hydrogens is 182 g/mol. The summed E-state index contributed by atoms with van der Waals surface area (Å²) in [6, 6.07) is 4.09. The highest BCUT2D eigenvalue weighted by Gasteiger charge is 2.13. The maximum atomic E-state index is 10.5. The largest absolute Gasteiger partial charge is 0.398 e.